The highest BCUT2D eigenvalue weighted by Crippen LogP contribution is 2.08. The fourth-order valence-corrected chi connectivity index (χ4v) is 2.35. The van der Waals surface area contributed by atoms with E-state index in [1.165, 1.54) is 23.9 Å². The zero-order valence-corrected chi connectivity index (χ0v) is 10.8. The van der Waals surface area contributed by atoms with Crippen LogP contribution in [0.1, 0.15) is 22.8 Å². The maximum atomic E-state index is 11.9. The van der Waals surface area contributed by atoms with Crippen LogP contribution in [0, 0.1) is 0 Å². The van der Waals surface area contributed by atoms with Gasteiger partial charge in [-0.05, 0) is 41.8 Å². The van der Waals surface area contributed by atoms with Gasteiger partial charge in [0.2, 0.25) is 5.56 Å². The molecule has 0 bridgehead atoms. The topological polar surface area (TPSA) is 62.0 Å². The minimum Gasteiger partial charge on any atom is -0.349 e. The number of nitrogens with one attached hydrogen (secondary N) is 2. The molecule has 2 rings (SSSR count). The minimum absolute atomic E-state index is 0.0547. The van der Waals surface area contributed by atoms with E-state index in [2.05, 4.69) is 15.7 Å². The van der Waals surface area contributed by atoms with Crippen LogP contribution in [0.25, 0.3) is 0 Å². The van der Waals surface area contributed by atoms with Gasteiger partial charge in [-0.1, -0.05) is 0 Å². The average molecular weight is 262 g/mol. The molecule has 4 nitrogen and oxygen atoms in total. The molecule has 0 spiro atoms. The molecule has 0 saturated carbocycles. The molecule has 5 heteroatoms. The number of carbonyl (C=O) groups is 1. The summed E-state index contributed by atoms with van der Waals surface area (Å²) in [6.45, 7) is 1.96. The highest BCUT2D eigenvalue weighted by molar-refractivity contribution is 7.07. The molecule has 2 aromatic heterocycles. The Morgan fingerprint density at radius 1 is 1.44 bits per heavy atom. The molecule has 94 valence electrons. The molecular formula is C13H14N2O2S. The lowest BCUT2D eigenvalue weighted by atomic mass is 10.1. The van der Waals surface area contributed by atoms with Gasteiger partial charge in [-0.2, -0.15) is 11.3 Å². The molecule has 2 aromatic rings. The number of carbonyl (C=O) groups excluding carboxylic acids is 1. The van der Waals surface area contributed by atoms with Gasteiger partial charge in [0.15, 0.2) is 0 Å². The standard InChI is InChI=1S/C13H14N2O2S/c1-9(6-10-4-5-18-8-10)15-13(17)11-2-3-12(16)14-7-11/h2-5,7-9H,6H2,1H3,(H,14,16)(H,15,17). The molecule has 0 aliphatic carbocycles. The summed E-state index contributed by atoms with van der Waals surface area (Å²) in [5, 5.41) is 6.99. The Kier molecular flexibility index (Phi) is 3.94. The first-order valence-corrected chi connectivity index (χ1v) is 6.60. The summed E-state index contributed by atoms with van der Waals surface area (Å²) < 4.78 is 0. The van der Waals surface area contributed by atoms with Crippen LogP contribution in [0.2, 0.25) is 0 Å². The Bertz CT molecular complexity index is 554. The Morgan fingerprint density at radius 3 is 2.89 bits per heavy atom. The largest absolute Gasteiger partial charge is 0.349 e. The first-order chi connectivity index (χ1) is 8.65. The van der Waals surface area contributed by atoms with E-state index in [0.29, 0.717) is 5.56 Å². The van der Waals surface area contributed by atoms with Gasteiger partial charge in [0.25, 0.3) is 5.91 Å². The van der Waals surface area contributed by atoms with Gasteiger partial charge in [0.1, 0.15) is 0 Å². The van der Waals surface area contributed by atoms with Crippen molar-refractivity contribution in [1.29, 1.82) is 0 Å². The van der Waals surface area contributed by atoms with Gasteiger partial charge >= 0.3 is 0 Å². The third-order valence-electron chi connectivity index (χ3n) is 2.55. The highest BCUT2D eigenvalue weighted by Gasteiger charge is 2.10. The second-order valence-electron chi connectivity index (χ2n) is 4.15. The highest BCUT2D eigenvalue weighted by atomic mass is 32.1. The third-order valence-corrected chi connectivity index (χ3v) is 3.28. The zero-order chi connectivity index (χ0) is 13.0. The second-order valence-corrected chi connectivity index (χ2v) is 4.93. The summed E-state index contributed by atoms with van der Waals surface area (Å²) >= 11 is 1.65. The van der Waals surface area contributed by atoms with Gasteiger partial charge in [-0.15, -0.1) is 0 Å². The number of amides is 1. The summed E-state index contributed by atoms with van der Waals surface area (Å²) in [5.41, 5.74) is 1.47. The van der Waals surface area contributed by atoms with Crippen molar-refractivity contribution in [2.75, 3.05) is 0 Å². The summed E-state index contributed by atoms with van der Waals surface area (Å²) in [6, 6.07) is 4.97. The van der Waals surface area contributed by atoms with Crippen molar-refractivity contribution in [3.05, 3.63) is 56.6 Å². The predicted octanol–water partition coefficient (Wildman–Crippen LogP) is 1.80. The van der Waals surface area contributed by atoms with E-state index >= 15 is 0 Å². The van der Waals surface area contributed by atoms with Crippen LogP contribution in [-0.2, 0) is 6.42 Å². The third kappa shape index (κ3) is 3.30. The molecular weight excluding hydrogens is 248 g/mol. The molecule has 1 atom stereocenters. The van der Waals surface area contributed by atoms with E-state index < -0.39 is 0 Å². The molecule has 0 radical (unpaired) electrons. The second kappa shape index (κ2) is 5.64. The molecule has 2 N–H and O–H groups in total. The number of thiophene rings is 1. The van der Waals surface area contributed by atoms with E-state index in [0.717, 1.165) is 6.42 Å². The fourth-order valence-electron chi connectivity index (χ4n) is 1.67. The van der Waals surface area contributed by atoms with Crippen molar-refractivity contribution in [2.24, 2.45) is 0 Å². The van der Waals surface area contributed by atoms with E-state index in [-0.39, 0.29) is 17.5 Å². The van der Waals surface area contributed by atoms with E-state index in [1.807, 2.05) is 18.4 Å². The molecule has 0 saturated heterocycles. The zero-order valence-electron chi connectivity index (χ0n) is 9.97. The molecule has 1 unspecified atom stereocenters. The van der Waals surface area contributed by atoms with Crippen molar-refractivity contribution in [2.45, 2.75) is 19.4 Å². The van der Waals surface area contributed by atoms with E-state index in [4.69, 9.17) is 0 Å². The van der Waals surface area contributed by atoms with Crippen molar-refractivity contribution < 1.29 is 4.79 Å². The van der Waals surface area contributed by atoms with Crippen LogP contribution in [0.15, 0.2) is 40.0 Å². The lowest BCUT2D eigenvalue weighted by molar-refractivity contribution is 0.0939. The van der Waals surface area contributed by atoms with Gasteiger partial charge < -0.3 is 10.3 Å². The summed E-state index contributed by atoms with van der Waals surface area (Å²) in [7, 11) is 0. The molecule has 18 heavy (non-hydrogen) atoms. The van der Waals surface area contributed by atoms with Crippen LogP contribution in [0.5, 0.6) is 0 Å². The van der Waals surface area contributed by atoms with Gasteiger partial charge in [0.05, 0.1) is 5.56 Å². The normalized spacial score (nSPS) is 12.1. The quantitative estimate of drug-likeness (QED) is 0.882. The minimum atomic E-state index is -0.210. The fraction of sp³-hybridized carbons (Fsp3) is 0.231. The molecule has 0 aromatic carbocycles. The van der Waals surface area contributed by atoms with Gasteiger partial charge in [0, 0.05) is 18.3 Å². The van der Waals surface area contributed by atoms with Crippen LogP contribution in [-0.4, -0.2) is 16.9 Å². The Morgan fingerprint density at radius 2 is 2.28 bits per heavy atom. The lowest BCUT2D eigenvalue weighted by Gasteiger charge is -2.12. The number of hydrogen-bond acceptors (Lipinski definition) is 3. The van der Waals surface area contributed by atoms with Crippen LogP contribution >= 0.6 is 11.3 Å². The first kappa shape index (κ1) is 12.6. The summed E-state index contributed by atoms with van der Waals surface area (Å²) in [5.74, 6) is -0.172. The monoisotopic (exact) mass is 262 g/mol. The number of hydrogen-bond donors (Lipinski definition) is 2. The van der Waals surface area contributed by atoms with Gasteiger partial charge in [-0.3, -0.25) is 9.59 Å². The lowest BCUT2D eigenvalue weighted by Crippen LogP contribution is -2.34. The van der Waals surface area contributed by atoms with E-state index in [9.17, 15) is 9.59 Å². The molecule has 1 amide bonds. The molecule has 0 fully saturated rings. The SMILES string of the molecule is CC(Cc1ccsc1)NC(=O)c1ccc(=O)[nH]c1. The number of pyridine rings is 1. The molecule has 0 aliphatic heterocycles. The van der Waals surface area contributed by atoms with Crippen molar-refractivity contribution in [3.63, 3.8) is 0 Å². The van der Waals surface area contributed by atoms with Crippen molar-refractivity contribution >= 4 is 17.2 Å². The Labute approximate surface area is 109 Å². The van der Waals surface area contributed by atoms with Gasteiger partial charge in [-0.25, -0.2) is 0 Å². The first-order valence-electron chi connectivity index (χ1n) is 5.66. The predicted molar refractivity (Wildman–Crippen MR) is 72.0 cm³/mol. The van der Waals surface area contributed by atoms with Crippen molar-refractivity contribution in [3.8, 4) is 0 Å². The number of aromatic amines is 1. The molecule has 2 heterocycles. The Balaban J connectivity index is 1.94. The average Bonchev–Trinajstić information content (AvgIpc) is 2.82. The van der Waals surface area contributed by atoms with Crippen LogP contribution in [0.3, 0.4) is 0 Å². The smallest absolute Gasteiger partial charge is 0.252 e. The molecule has 0 aliphatic rings. The van der Waals surface area contributed by atoms with Crippen LogP contribution in [0.4, 0.5) is 0 Å². The number of H-pyrrole nitrogens is 1. The summed E-state index contributed by atoms with van der Waals surface area (Å²) in [6.07, 6.45) is 2.23. The summed E-state index contributed by atoms with van der Waals surface area (Å²) in [4.78, 5) is 25.2. The van der Waals surface area contributed by atoms with Crippen molar-refractivity contribution in [1.82, 2.24) is 10.3 Å². The number of aromatic nitrogens is 1. The van der Waals surface area contributed by atoms with E-state index in [1.54, 1.807) is 11.3 Å². The Hall–Kier alpha value is -1.88. The maximum Gasteiger partial charge on any atom is 0.252 e. The maximum absolute atomic E-state index is 11.9. The van der Waals surface area contributed by atoms with Crippen LogP contribution < -0.4 is 10.9 Å². The number of rotatable bonds is 4.